The first-order valence-corrected chi connectivity index (χ1v) is 17.4. The van der Waals surface area contributed by atoms with Gasteiger partial charge in [-0.05, 0) is 70.8 Å². The summed E-state index contributed by atoms with van der Waals surface area (Å²) >= 11 is 1.78. The third-order valence-electron chi connectivity index (χ3n) is 9.37. The van der Waals surface area contributed by atoms with Gasteiger partial charge in [-0.1, -0.05) is 115 Å². The normalized spacial score (nSPS) is 11.6. The number of nitrogens with zero attached hydrogens (tertiary/aromatic N) is 3. The van der Waals surface area contributed by atoms with E-state index in [1.54, 1.807) is 11.3 Å². The van der Waals surface area contributed by atoms with E-state index in [0.717, 1.165) is 65.6 Å². The molecule has 0 bridgehead atoms. The molecule has 0 amide bonds. The molecular formula is C45H27N3OS. The summed E-state index contributed by atoms with van der Waals surface area (Å²) in [6.07, 6.45) is 0. The van der Waals surface area contributed by atoms with Crippen LogP contribution in [0, 0.1) is 0 Å². The molecule has 10 rings (SSSR count). The van der Waals surface area contributed by atoms with Crippen molar-refractivity contribution in [3.05, 3.63) is 164 Å². The van der Waals surface area contributed by atoms with Crippen molar-refractivity contribution in [2.24, 2.45) is 0 Å². The van der Waals surface area contributed by atoms with Gasteiger partial charge in [0.15, 0.2) is 17.5 Å². The Balaban J connectivity index is 1.24. The van der Waals surface area contributed by atoms with E-state index in [4.69, 9.17) is 19.4 Å². The zero-order valence-corrected chi connectivity index (χ0v) is 27.6. The number of benzene rings is 7. The van der Waals surface area contributed by atoms with Crippen LogP contribution in [0.3, 0.4) is 0 Å². The lowest BCUT2D eigenvalue weighted by molar-refractivity contribution is 0.669. The van der Waals surface area contributed by atoms with Crippen LogP contribution in [0.4, 0.5) is 0 Å². The highest BCUT2D eigenvalue weighted by atomic mass is 32.1. The molecule has 0 aliphatic heterocycles. The number of para-hydroxylation sites is 1. The molecule has 0 N–H and O–H groups in total. The molecule has 0 saturated carbocycles. The van der Waals surface area contributed by atoms with Crippen LogP contribution >= 0.6 is 11.3 Å². The molecule has 4 nitrogen and oxygen atoms in total. The van der Waals surface area contributed by atoms with Crippen LogP contribution in [0.1, 0.15) is 0 Å². The quantitative estimate of drug-likeness (QED) is 0.185. The average molecular weight is 658 g/mol. The van der Waals surface area contributed by atoms with Gasteiger partial charge in [-0.15, -0.1) is 11.3 Å². The predicted molar refractivity (Wildman–Crippen MR) is 207 cm³/mol. The second-order valence-electron chi connectivity index (χ2n) is 12.4. The van der Waals surface area contributed by atoms with E-state index in [-0.39, 0.29) is 0 Å². The Morgan fingerprint density at radius 2 is 1.00 bits per heavy atom. The van der Waals surface area contributed by atoms with Crippen LogP contribution in [-0.4, -0.2) is 15.0 Å². The molecule has 0 saturated heterocycles. The van der Waals surface area contributed by atoms with Crippen LogP contribution in [0.25, 0.3) is 98.5 Å². The number of aromatic nitrogens is 3. The number of fused-ring (bicyclic) bond motifs is 6. The Bertz CT molecular complexity index is 2870. The fraction of sp³-hybridized carbons (Fsp3) is 0. The fourth-order valence-electron chi connectivity index (χ4n) is 6.94. The maximum atomic E-state index is 6.17. The highest BCUT2D eigenvalue weighted by molar-refractivity contribution is 7.26. The molecule has 0 aliphatic rings. The van der Waals surface area contributed by atoms with Crippen molar-refractivity contribution in [2.75, 3.05) is 0 Å². The second kappa shape index (κ2) is 11.6. The average Bonchev–Trinajstić information content (AvgIpc) is 3.76. The lowest BCUT2D eigenvalue weighted by Gasteiger charge is -2.14. The molecule has 10 aromatic rings. The predicted octanol–water partition coefficient (Wildman–Crippen LogP) is 12.5. The van der Waals surface area contributed by atoms with Gasteiger partial charge in [-0.25, -0.2) is 15.0 Å². The third kappa shape index (κ3) is 4.79. The van der Waals surface area contributed by atoms with E-state index < -0.39 is 0 Å². The molecule has 7 aromatic carbocycles. The summed E-state index contributed by atoms with van der Waals surface area (Å²) in [4.78, 5) is 15.7. The van der Waals surface area contributed by atoms with Crippen molar-refractivity contribution in [2.45, 2.75) is 0 Å². The zero-order chi connectivity index (χ0) is 33.0. The Kier molecular flexibility index (Phi) is 6.64. The highest BCUT2D eigenvalue weighted by Gasteiger charge is 2.20. The van der Waals surface area contributed by atoms with Gasteiger partial charge in [0.05, 0.1) is 0 Å². The van der Waals surface area contributed by atoms with Crippen molar-refractivity contribution in [1.82, 2.24) is 15.0 Å². The molecule has 50 heavy (non-hydrogen) atoms. The van der Waals surface area contributed by atoms with E-state index in [9.17, 15) is 0 Å². The van der Waals surface area contributed by atoms with Gasteiger partial charge < -0.3 is 4.42 Å². The van der Waals surface area contributed by atoms with Crippen LogP contribution in [0.5, 0.6) is 0 Å². The van der Waals surface area contributed by atoms with Gasteiger partial charge in [0, 0.05) is 47.6 Å². The highest BCUT2D eigenvalue weighted by Crippen LogP contribution is 2.41. The summed E-state index contributed by atoms with van der Waals surface area (Å²) in [6, 6.07) is 56.9. The molecule has 0 spiro atoms. The van der Waals surface area contributed by atoms with Crippen molar-refractivity contribution in [3.8, 4) is 56.4 Å². The number of hydrogen-bond donors (Lipinski definition) is 0. The van der Waals surface area contributed by atoms with Crippen LogP contribution in [0.2, 0.25) is 0 Å². The lowest BCUT2D eigenvalue weighted by Crippen LogP contribution is -2.01. The van der Waals surface area contributed by atoms with Gasteiger partial charge in [0.2, 0.25) is 0 Å². The van der Waals surface area contributed by atoms with Gasteiger partial charge in [-0.2, -0.15) is 0 Å². The lowest BCUT2D eigenvalue weighted by atomic mass is 9.94. The SMILES string of the molecule is c1ccc(-c2ccc(-c3nc(-c4ccc5oc6ccccc6c5c4)nc(-c4cccc5c4sc4ccccc45)n3)c(-c3ccccc3)c2)cc1. The van der Waals surface area contributed by atoms with Crippen molar-refractivity contribution in [3.63, 3.8) is 0 Å². The summed E-state index contributed by atoms with van der Waals surface area (Å²) in [6.45, 7) is 0. The molecular weight excluding hydrogens is 631 g/mol. The van der Waals surface area contributed by atoms with E-state index in [2.05, 4.69) is 121 Å². The van der Waals surface area contributed by atoms with Crippen molar-refractivity contribution >= 4 is 53.4 Å². The summed E-state index contributed by atoms with van der Waals surface area (Å²) in [7, 11) is 0. The van der Waals surface area contributed by atoms with Gasteiger partial charge in [-0.3, -0.25) is 0 Å². The molecule has 0 aliphatic carbocycles. The first-order valence-electron chi connectivity index (χ1n) is 16.6. The van der Waals surface area contributed by atoms with Crippen LogP contribution in [-0.2, 0) is 0 Å². The molecule has 0 radical (unpaired) electrons. The van der Waals surface area contributed by atoms with Crippen LogP contribution < -0.4 is 0 Å². The Hall–Kier alpha value is -6.43. The molecule has 0 fully saturated rings. The minimum Gasteiger partial charge on any atom is -0.456 e. The summed E-state index contributed by atoms with van der Waals surface area (Å²) in [5, 5.41) is 4.54. The van der Waals surface area contributed by atoms with E-state index in [1.165, 1.54) is 15.5 Å². The minimum atomic E-state index is 0.612. The minimum absolute atomic E-state index is 0.612. The van der Waals surface area contributed by atoms with Crippen molar-refractivity contribution < 1.29 is 4.42 Å². The van der Waals surface area contributed by atoms with E-state index in [0.29, 0.717) is 17.5 Å². The number of hydrogen-bond acceptors (Lipinski definition) is 5. The first-order chi connectivity index (χ1) is 24.8. The number of thiophene rings is 1. The summed E-state index contributed by atoms with van der Waals surface area (Å²) in [5.41, 5.74) is 8.99. The Morgan fingerprint density at radius 3 is 1.84 bits per heavy atom. The molecule has 0 atom stereocenters. The third-order valence-corrected chi connectivity index (χ3v) is 10.6. The molecule has 3 aromatic heterocycles. The van der Waals surface area contributed by atoms with Crippen molar-refractivity contribution in [1.29, 1.82) is 0 Å². The van der Waals surface area contributed by atoms with Gasteiger partial charge in [0.25, 0.3) is 0 Å². The Morgan fingerprint density at radius 1 is 0.360 bits per heavy atom. The standard InChI is InChI=1S/C45H27N3OS/c1-3-12-28(13-4-1)30-22-24-35(37(26-30)29-14-5-2-6-15-29)44-46-43(31-23-25-40-38(27-31)32-16-7-9-20-39(32)49-40)47-45(48-44)36-19-11-18-34-33-17-8-10-21-41(33)50-42(34)36/h1-27H. The topological polar surface area (TPSA) is 51.8 Å². The summed E-state index contributed by atoms with van der Waals surface area (Å²) < 4.78 is 8.57. The number of rotatable bonds is 5. The monoisotopic (exact) mass is 657 g/mol. The van der Waals surface area contributed by atoms with Gasteiger partial charge >= 0.3 is 0 Å². The Labute approximate surface area is 292 Å². The van der Waals surface area contributed by atoms with Gasteiger partial charge in [0.1, 0.15) is 11.2 Å². The van der Waals surface area contributed by atoms with E-state index in [1.807, 2.05) is 42.5 Å². The van der Waals surface area contributed by atoms with Crippen LogP contribution in [0.15, 0.2) is 168 Å². The zero-order valence-electron chi connectivity index (χ0n) is 26.7. The maximum absolute atomic E-state index is 6.17. The van der Waals surface area contributed by atoms with E-state index >= 15 is 0 Å². The molecule has 0 unspecified atom stereocenters. The smallest absolute Gasteiger partial charge is 0.165 e. The molecule has 5 heteroatoms. The largest absolute Gasteiger partial charge is 0.456 e. The maximum Gasteiger partial charge on any atom is 0.165 e. The second-order valence-corrected chi connectivity index (χ2v) is 13.4. The summed E-state index contributed by atoms with van der Waals surface area (Å²) in [5.74, 6) is 1.88. The molecule has 234 valence electrons. The molecule has 3 heterocycles. The fourth-order valence-corrected chi connectivity index (χ4v) is 8.15. The number of furan rings is 1. The first kappa shape index (κ1) is 28.6.